The molecule has 2 aromatic heterocycles. The van der Waals surface area contributed by atoms with Gasteiger partial charge in [0.05, 0.1) is 18.2 Å². The van der Waals surface area contributed by atoms with Gasteiger partial charge in [0.1, 0.15) is 0 Å². The highest BCUT2D eigenvalue weighted by Crippen LogP contribution is 2.39. The number of thiophene rings is 1. The second-order valence-corrected chi connectivity index (χ2v) is 8.08. The summed E-state index contributed by atoms with van der Waals surface area (Å²) < 4.78 is 8.49. The van der Waals surface area contributed by atoms with Crippen molar-refractivity contribution in [3.63, 3.8) is 0 Å². The highest BCUT2D eigenvalue weighted by atomic mass is 32.1. The fourth-order valence-electron chi connectivity index (χ4n) is 3.85. The fourth-order valence-corrected chi connectivity index (χ4v) is 4.94. The van der Waals surface area contributed by atoms with Crippen LogP contribution in [0.1, 0.15) is 15.9 Å². The molecule has 5 aromatic rings. The number of para-hydroxylation sites is 1. The highest BCUT2D eigenvalue weighted by molar-refractivity contribution is 7.22. The minimum atomic E-state index is -0.314. The molecule has 0 unspecified atom stereocenters. The topological polar surface area (TPSA) is 31.2 Å². The number of carbonyl (C=O) groups is 1. The monoisotopic (exact) mass is 397 g/mol. The van der Waals surface area contributed by atoms with Crippen LogP contribution in [0.4, 0.5) is 0 Å². The van der Waals surface area contributed by atoms with Gasteiger partial charge in [-0.25, -0.2) is 4.79 Å². The van der Waals surface area contributed by atoms with E-state index in [9.17, 15) is 4.79 Å². The zero-order valence-electron chi connectivity index (χ0n) is 16.0. The van der Waals surface area contributed by atoms with E-state index in [1.165, 1.54) is 27.6 Å². The zero-order chi connectivity index (χ0) is 19.8. The molecule has 0 radical (unpaired) electrons. The Morgan fingerprint density at radius 3 is 2.55 bits per heavy atom. The lowest BCUT2D eigenvalue weighted by molar-refractivity contribution is 0.0602. The second-order valence-electron chi connectivity index (χ2n) is 7.00. The lowest BCUT2D eigenvalue weighted by Crippen LogP contribution is -2.06. The number of fused-ring (bicyclic) bond motifs is 2. The molecule has 0 aliphatic rings. The smallest absolute Gasteiger partial charge is 0.340 e. The van der Waals surface area contributed by atoms with E-state index in [1.54, 1.807) is 11.3 Å². The average molecular weight is 397 g/mol. The summed E-state index contributed by atoms with van der Waals surface area (Å²) in [4.78, 5) is 13.7. The van der Waals surface area contributed by atoms with Crippen molar-refractivity contribution in [2.24, 2.45) is 0 Å². The molecule has 29 heavy (non-hydrogen) atoms. The first kappa shape index (κ1) is 17.7. The van der Waals surface area contributed by atoms with Gasteiger partial charge in [0.15, 0.2) is 0 Å². The molecule has 3 nitrogen and oxygen atoms in total. The van der Waals surface area contributed by atoms with Crippen molar-refractivity contribution in [1.82, 2.24) is 4.57 Å². The lowest BCUT2D eigenvalue weighted by atomic mass is 10.1. The molecule has 4 heteroatoms. The molecule has 3 aromatic carbocycles. The van der Waals surface area contributed by atoms with E-state index in [-0.39, 0.29) is 5.97 Å². The molecule has 0 spiro atoms. The van der Waals surface area contributed by atoms with Crippen molar-refractivity contribution in [2.75, 3.05) is 7.11 Å². The van der Waals surface area contributed by atoms with Gasteiger partial charge in [-0.15, -0.1) is 11.3 Å². The number of rotatable bonds is 4. The van der Waals surface area contributed by atoms with Crippen molar-refractivity contribution in [1.29, 1.82) is 0 Å². The maximum absolute atomic E-state index is 12.5. The van der Waals surface area contributed by atoms with E-state index < -0.39 is 0 Å². The van der Waals surface area contributed by atoms with Crippen molar-refractivity contribution in [3.8, 4) is 10.4 Å². The van der Waals surface area contributed by atoms with E-state index in [0.29, 0.717) is 12.1 Å². The van der Waals surface area contributed by atoms with Gasteiger partial charge in [-0.3, -0.25) is 0 Å². The minimum absolute atomic E-state index is 0.314. The number of ether oxygens (including phenoxy) is 1. The molecule has 142 valence electrons. The first-order valence-electron chi connectivity index (χ1n) is 9.47. The molecule has 0 aliphatic heterocycles. The SMILES string of the molecule is COC(=O)c1cccc2c(-c3cc4ccccc4s3)cn(Cc3ccccc3)c12. The standard InChI is InChI=1S/C25H19NO2S/c1-28-25(27)20-12-7-11-19-21(23-14-18-10-5-6-13-22(18)29-23)16-26(24(19)20)15-17-8-3-2-4-9-17/h2-14,16H,15H2,1H3. The van der Waals surface area contributed by atoms with Crippen molar-refractivity contribution < 1.29 is 9.53 Å². The second kappa shape index (κ2) is 7.22. The maximum Gasteiger partial charge on any atom is 0.340 e. The van der Waals surface area contributed by atoms with Crippen molar-refractivity contribution in [2.45, 2.75) is 6.54 Å². The normalized spacial score (nSPS) is 11.2. The van der Waals surface area contributed by atoms with Gasteiger partial charge in [-0.1, -0.05) is 60.7 Å². The van der Waals surface area contributed by atoms with Gasteiger partial charge in [0, 0.05) is 33.3 Å². The average Bonchev–Trinajstić information content (AvgIpc) is 3.35. The molecular weight excluding hydrogens is 378 g/mol. The molecule has 0 saturated carbocycles. The largest absolute Gasteiger partial charge is 0.465 e. The first-order chi connectivity index (χ1) is 14.2. The Kier molecular flexibility index (Phi) is 4.41. The van der Waals surface area contributed by atoms with Crippen LogP contribution in [0.15, 0.2) is 85.1 Å². The number of hydrogen-bond acceptors (Lipinski definition) is 3. The van der Waals surface area contributed by atoms with Crippen molar-refractivity contribution in [3.05, 3.63) is 96.2 Å². The van der Waals surface area contributed by atoms with E-state index >= 15 is 0 Å². The summed E-state index contributed by atoms with van der Waals surface area (Å²) in [6.07, 6.45) is 2.16. The lowest BCUT2D eigenvalue weighted by Gasteiger charge is -2.09. The first-order valence-corrected chi connectivity index (χ1v) is 10.3. The third kappa shape index (κ3) is 3.12. The summed E-state index contributed by atoms with van der Waals surface area (Å²) >= 11 is 1.78. The molecular formula is C25H19NO2S. The Labute approximate surface area is 172 Å². The van der Waals surface area contributed by atoms with Crippen LogP contribution in [0.2, 0.25) is 0 Å². The summed E-state index contributed by atoms with van der Waals surface area (Å²) in [5.74, 6) is -0.314. The van der Waals surface area contributed by atoms with Gasteiger partial charge in [-0.05, 0) is 29.1 Å². The van der Waals surface area contributed by atoms with Gasteiger partial charge in [0.2, 0.25) is 0 Å². The summed E-state index contributed by atoms with van der Waals surface area (Å²) in [6.45, 7) is 0.691. The number of hydrogen-bond donors (Lipinski definition) is 0. The number of benzene rings is 3. The minimum Gasteiger partial charge on any atom is -0.465 e. The Balaban J connectivity index is 1.75. The van der Waals surface area contributed by atoms with Crippen LogP contribution in [0.25, 0.3) is 31.4 Å². The summed E-state index contributed by atoms with van der Waals surface area (Å²) in [6, 6.07) is 26.8. The molecule has 0 fully saturated rings. The van der Waals surface area contributed by atoms with Crippen LogP contribution in [-0.4, -0.2) is 17.6 Å². The zero-order valence-corrected chi connectivity index (χ0v) is 16.8. The van der Waals surface area contributed by atoms with Crippen LogP contribution in [0.3, 0.4) is 0 Å². The van der Waals surface area contributed by atoms with E-state index in [4.69, 9.17) is 4.74 Å². The van der Waals surface area contributed by atoms with Crippen LogP contribution >= 0.6 is 11.3 Å². The van der Waals surface area contributed by atoms with Gasteiger partial charge < -0.3 is 9.30 Å². The fraction of sp³-hybridized carbons (Fsp3) is 0.0800. The van der Waals surface area contributed by atoms with Gasteiger partial charge >= 0.3 is 5.97 Å². The highest BCUT2D eigenvalue weighted by Gasteiger charge is 2.19. The van der Waals surface area contributed by atoms with Gasteiger partial charge in [0.25, 0.3) is 0 Å². The number of carbonyl (C=O) groups excluding carboxylic acids is 1. The molecule has 0 amide bonds. The number of aromatic nitrogens is 1. The van der Waals surface area contributed by atoms with Crippen molar-refractivity contribution >= 4 is 38.3 Å². The third-order valence-corrected chi connectivity index (χ3v) is 6.34. The van der Waals surface area contributed by atoms with E-state index in [2.05, 4.69) is 59.3 Å². The molecule has 0 aliphatic carbocycles. The number of methoxy groups -OCH3 is 1. The quantitative estimate of drug-likeness (QED) is 0.331. The maximum atomic E-state index is 12.5. The summed E-state index contributed by atoms with van der Waals surface area (Å²) in [7, 11) is 1.43. The van der Waals surface area contributed by atoms with Crippen LogP contribution in [-0.2, 0) is 11.3 Å². The molecule has 0 bridgehead atoms. The predicted molar refractivity (Wildman–Crippen MR) is 120 cm³/mol. The predicted octanol–water partition coefficient (Wildman–Crippen LogP) is 6.36. The Bertz CT molecular complexity index is 1300. The molecule has 0 atom stereocenters. The van der Waals surface area contributed by atoms with Gasteiger partial charge in [-0.2, -0.15) is 0 Å². The molecule has 2 heterocycles. The number of esters is 1. The van der Waals surface area contributed by atoms with Crippen LogP contribution < -0.4 is 0 Å². The Morgan fingerprint density at radius 1 is 0.966 bits per heavy atom. The van der Waals surface area contributed by atoms with Crippen LogP contribution in [0, 0.1) is 0 Å². The Hall–Kier alpha value is -3.37. The Morgan fingerprint density at radius 2 is 1.76 bits per heavy atom. The van der Waals surface area contributed by atoms with Crippen LogP contribution in [0.5, 0.6) is 0 Å². The molecule has 0 saturated heterocycles. The third-order valence-electron chi connectivity index (χ3n) is 5.19. The summed E-state index contributed by atoms with van der Waals surface area (Å²) in [5.41, 5.74) is 3.83. The number of nitrogens with zero attached hydrogens (tertiary/aromatic N) is 1. The molecule has 5 rings (SSSR count). The van der Waals surface area contributed by atoms with E-state index in [1.807, 2.05) is 30.3 Å². The van der Waals surface area contributed by atoms with E-state index in [0.717, 1.165) is 16.5 Å². The molecule has 0 N–H and O–H groups in total. The summed E-state index contributed by atoms with van der Waals surface area (Å²) in [5, 5.41) is 2.30.